The molecule has 0 N–H and O–H groups in total. The number of hydrogen-bond donors (Lipinski definition) is 0. The average Bonchev–Trinajstić information content (AvgIpc) is 1.38. The summed E-state index contributed by atoms with van der Waals surface area (Å²) in [5, 5.41) is 68.6. The molecule has 18 heteroatoms. The Balaban J connectivity index is 0.784. The van der Waals surface area contributed by atoms with Crippen molar-refractivity contribution in [3.63, 3.8) is 0 Å². The maximum absolute atomic E-state index is 16.7. The highest BCUT2D eigenvalue weighted by Gasteiger charge is 2.95. The van der Waals surface area contributed by atoms with Gasteiger partial charge < -0.3 is 0 Å². The van der Waals surface area contributed by atoms with Crippen molar-refractivity contribution in [2.45, 2.75) is 64.5 Å². The van der Waals surface area contributed by atoms with Gasteiger partial charge in [-0.1, -0.05) is 24.3 Å². The van der Waals surface area contributed by atoms with Crippen LogP contribution in [0.4, 0.5) is 74.6 Å². The first-order valence-electron chi connectivity index (χ1n) is 31.5. The molecule has 1 nitrogen and oxygen atoms in total. The number of hydrogen-bond acceptors (Lipinski definition) is 1. The second-order valence-electron chi connectivity index (χ2n) is 30.9. The van der Waals surface area contributed by atoms with Gasteiger partial charge in [-0.15, -0.1) is 0 Å². The zero-order valence-corrected chi connectivity index (χ0v) is 46.5. The summed E-state index contributed by atoms with van der Waals surface area (Å²) in [5.41, 5.74) is 0.264. The fourth-order valence-electron chi connectivity index (χ4n) is 27.8. The number of rotatable bonds is 8. The van der Waals surface area contributed by atoms with E-state index in [0.717, 1.165) is 44.8 Å². The molecule has 1 fully saturated rings. The topological polar surface area (TPSA) is 3.24 Å². The summed E-state index contributed by atoms with van der Waals surface area (Å²) in [6.07, 6.45) is -7.84. The quantitative estimate of drug-likeness (QED) is 0.108. The molecule has 4 aliphatic carbocycles. The Morgan fingerprint density at radius 1 is 0.253 bits per heavy atom. The van der Waals surface area contributed by atoms with Gasteiger partial charge in [-0.2, -0.15) is 74.6 Å². The van der Waals surface area contributed by atoms with Gasteiger partial charge in [-0.3, -0.25) is 4.90 Å². The first-order valence-corrected chi connectivity index (χ1v) is 31.5. The molecule has 1 heterocycles. The van der Waals surface area contributed by atoms with E-state index in [9.17, 15) is 39.5 Å². The van der Waals surface area contributed by atoms with Crippen LogP contribution in [0, 0.1) is 0 Å². The van der Waals surface area contributed by atoms with Gasteiger partial charge in [-0.05, 0) is 326 Å². The van der Waals surface area contributed by atoms with E-state index in [-0.39, 0.29) is 17.7 Å². The lowest BCUT2D eigenvalue weighted by Crippen LogP contribution is -2.74. The maximum Gasteiger partial charge on any atom is 0.460 e. The van der Waals surface area contributed by atoms with Gasteiger partial charge in [0.25, 0.3) is 0 Å². The van der Waals surface area contributed by atoms with E-state index >= 15 is 35.1 Å². The molecule has 0 bridgehead atoms. The van der Waals surface area contributed by atoms with Crippen molar-refractivity contribution in [3.05, 3.63) is 57.6 Å². The van der Waals surface area contributed by atoms with Crippen molar-refractivity contribution in [2.24, 2.45) is 0 Å². The van der Waals surface area contributed by atoms with Gasteiger partial charge in [0.15, 0.2) is 0 Å². The zero-order chi connectivity index (χ0) is 62.3. The Hall–Kier alpha value is -9.55. The predicted octanol–water partition coefficient (Wildman–Crippen LogP) is 23.4. The minimum atomic E-state index is -8.72. The number of likely N-dealkylation sites (N-methyl/N-ethyl adjacent to an activating group) is 1. The second-order valence-corrected chi connectivity index (χ2v) is 30.9. The monoisotopic (exact) mass is 1270 g/mol. The second kappa shape index (κ2) is 10.1. The molecule has 0 amide bonds. The number of halogens is 17. The SMILES string of the molecule is CN1CC23c4c5c6c7c8c9c(c%10c%11c2c2c4c4c%12c5c5c6c6c8c8c%13c9c9c%10c%10c%11c%11c2c2c4c4c%12c%12c5c5c6c8c6c8c%13c9c9c%10c%10c%11c2c2c4c4c%12c5c6c5c8c9c%10c2c45)C73C1c1ccc(C(F)(F)C(F)(F)C(F)(F)C(F)(F)C(F)(F)C(F)(F)C(F)(F)C(F)(F)F)cc1. The number of nitrogens with zero attached hydrogens (tertiary/aromatic N) is 1. The Morgan fingerprint density at radius 2 is 0.442 bits per heavy atom. The van der Waals surface area contributed by atoms with Crippen LogP contribution in [0.3, 0.4) is 0 Å². The minimum Gasteiger partial charge on any atom is -0.297 e. The lowest BCUT2D eigenvalue weighted by atomic mass is 9.47. The van der Waals surface area contributed by atoms with Crippen LogP contribution in [-0.4, -0.2) is 60.2 Å². The van der Waals surface area contributed by atoms with Crippen molar-refractivity contribution < 1.29 is 74.6 Å². The zero-order valence-electron chi connectivity index (χ0n) is 46.5. The molecule has 34 rings (SSSR count). The Morgan fingerprint density at radius 3 is 0.663 bits per heavy atom. The Bertz CT molecular complexity index is 8250. The third kappa shape index (κ3) is 2.70. The van der Waals surface area contributed by atoms with Crippen LogP contribution in [0.1, 0.15) is 39.4 Å². The van der Waals surface area contributed by atoms with Gasteiger partial charge in [0.1, 0.15) is 0 Å². The summed E-state index contributed by atoms with van der Waals surface area (Å²) in [6, 6.07) is 1.59. The molecule has 29 aromatic carbocycles. The third-order valence-corrected chi connectivity index (χ3v) is 29.2. The minimum absolute atomic E-state index is 0.197. The summed E-state index contributed by atoms with van der Waals surface area (Å²) < 4.78 is 254. The maximum atomic E-state index is 16.7. The molecule has 2 spiro atoms. The van der Waals surface area contributed by atoms with Crippen LogP contribution >= 0.6 is 0 Å². The number of likely N-dealkylation sites (tertiary alicyclic amines) is 1. The van der Waals surface area contributed by atoms with E-state index in [0.29, 0.717) is 6.54 Å². The summed E-state index contributed by atoms with van der Waals surface area (Å²) in [4.78, 5) is 2.17. The Kier molecular flexibility index (Phi) is 4.69. The lowest BCUT2D eigenvalue weighted by molar-refractivity contribution is -0.462. The highest BCUT2D eigenvalue weighted by Crippen LogP contribution is 2.87. The van der Waals surface area contributed by atoms with Gasteiger partial charge in [0.05, 0.1) is 10.8 Å². The molecule has 5 aliphatic rings. The van der Waals surface area contributed by atoms with Crippen molar-refractivity contribution >= 4 is 291 Å². The van der Waals surface area contributed by atoms with Gasteiger partial charge >= 0.3 is 47.6 Å². The normalized spacial score (nSPS) is 22.3. The number of alkyl halides is 17. The van der Waals surface area contributed by atoms with Gasteiger partial charge in [0.2, 0.25) is 0 Å². The molecule has 0 aromatic heterocycles. The van der Waals surface area contributed by atoms with E-state index in [1.54, 1.807) is 0 Å². The summed E-state index contributed by atoms with van der Waals surface area (Å²) >= 11 is 0. The van der Waals surface area contributed by atoms with E-state index in [1.165, 1.54) is 280 Å². The van der Waals surface area contributed by atoms with Crippen molar-refractivity contribution in [2.75, 3.05) is 13.6 Å². The average molecular weight is 1270 g/mol. The fraction of sp³-hybridized carbons (Fsp3) is 0.169. The highest BCUT2D eigenvalue weighted by atomic mass is 19.4. The smallest absolute Gasteiger partial charge is 0.297 e. The predicted molar refractivity (Wildman–Crippen MR) is 335 cm³/mol. The van der Waals surface area contributed by atoms with Crippen LogP contribution in [0.15, 0.2) is 24.3 Å². The molecule has 1 unspecified atom stereocenters. The molecule has 442 valence electrons. The molecular weight excluding hydrogens is 1260 g/mol. The van der Waals surface area contributed by atoms with Gasteiger partial charge in [0, 0.05) is 18.2 Å². The summed E-state index contributed by atoms with van der Waals surface area (Å²) in [7, 11) is 1.92. The third-order valence-electron chi connectivity index (χ3n) is 29.2. The first kappa shape index (κ1) is 44.2. The van der Waals surface area contributed by atoms with Crippen LogP contribution < -0.4 is 0 Å². The Labute approximate surface area is 504 Å². The molecule has 1 saturated heterocycles. The summed E-state index contributed by atoms with van der Waals surface area (Å²) in [6.45, 7) is 0.316. The molecule has 1 aliphatic heterocycles. The van der Waals surface area contributed by atoms with Gasteiger partial charge in [-0.25, -0.2) is 0 Å². The molecule has 95 heavy (non-hydrogen) atoms. The number of benzene rings is 19. The molecular formula is C77H10F17N. The molecule has 0 saturated carbocycles. The van der Waals surface area contributed by atoms with Crippen molar-refractivity contribution in [1.29, 1.82) is 0 Å². The largest absolute Gasteiger partial charge is 0.460 e. The first-order chi connectivity index (χ1) is 45.2. The van der Waals surface area contributed by atoms with Crippen LogP contribution in [-0.2, 0) is 16.8 Å². The lowest BCUT2D eigenvalue weighted by Gasteiger charge is -2.52. The molecule has 29 aromatic rings. The van der Waals surface area contributed by atoms with E-state index in [2.05, 4.69) is 4.90 Å². The van der Waals surface area contributed by atoms with E-state index in [1.807, 2.05) is 7.05 Å². The van der Waals surface area contributed by atoms with Crippen LogP contribution in [0.25, 0.3) is 291 Å². The van der Waals surface area contributed by atoms with Crippen molar-refractivity contribution in [1.82, 2.24) is 4.90 Å². The molecule has 1 atom stereocenters. The summed E-state index contributed by atoms with van der Waals surface area (Å²) in [5.74, 6) is -57.3. The van der Waals surface area contributed by atoms with Crippen LogP contribution in [0.5, 0.6) is 0 Å². The fourth-order valence-corrected chi connectivity index (χ4v) is 27.8. The highest BCUT2D eigenvalue weighted by molar-refractivity contribution is 6.82. The standard InChI is InChI=1S/C77H10F17N/c1-95-6-68-63-55-47-37-27-19-11-9-10-13-17-15(11)23-31-25(17)35-29-21(13)22-14(10)18-16-12(9)20(19)28-34-24(16)32-26(18)36-30(22)40-39(29)51-45(35)53-43(31)49(41(47)33(23)27)57(63)59(53)65-61(51)62-52(40)46(36)54-44(32)50-42(34)48(38(28)37)56(55)64(68)58(50)60(54)66(62)69(65,68)67(95)7-2-4-8(5-3-7)70(78,79)71(80,81)72(82,83)73(84,85)74(86,87)75(88,89)76(90,91)77(92,93)94/h2-5,67H,6H2,1H3. The molecule has 0 radical (unpaired) electrons. The van der Waals surface area contributed by atoms with E-state index in [4.69, 9.17) is 0 Å². The van der Waals surface area contributed by atoms with Crippen molar-refractivity contribution in [3.8, 4) is 0 Å². The van der Waals surface area contributed by atoms with Crippen LogP contribution in [0.2, 0.25) is 0 Å². The van der Waals surface area contributed by atoms with E-state index < -0.39 is 70.1 Å².